The standard InChI is InChI=1S/C22H22ClN5S/c1-15-8-16(14-28(15)29-22-5-3-2-4-20(22)23)13-27-21-7-6-17(9-18(21)12-26-27)19-10-24-25-11-19/h2-7,9-12,15-16H,8,13-14H2,1H3,(H,24,25)/t15-,16?/m1/s1. The summed E-state index contributed by atoms with van der Waals surface area (Å²) in [5.41, 5.74) is 3.43. The van der Waals surface area contributed by atoms with Crippen molar-refractivity contribution in [2.45, 2.75) is 30.8 Å². The minimum Gasteiger partial charge on any atom is -0.285 e. The topological polar surface area (TPSA) is 49.7 Å². The number of H-pyrrole nitrogens is 1. The fourth-order valence-electron chi connectivity index (χ4n) is 4.08. The third kappa shape index (κ3) is 3.80. The number of nitrogens with one attached hydrogen (secondary N) is 1. The van der Waals surface area contributed by atoms with E-state index in [0.29, 0.717) is 12.0 Å². The maximum atomic E-state index is 6.35. The number of nitrogens with zero attached hydrogens (tertiary/aromatic N) is 4. The van der Waals surface area contributed by atoms with E-state index in [1.807, 2.05) is 36.8 Å². The van der Waals surface area contributed by atoms with Gasteiger partial charge < -0.3 is 0 Å². The molecule has 1 aliphatic rings. The van der Waals surface area contributed by atoms with Crippen molar-refractivity contribution in [1.82, 2.24) is 24.3 Å². The second-order valence-electron chi connectivity index (χ2n) is 7.66. The molecule has 0 radical (unpaired) electrons. The van der Waals surface area contributed by atoms with Gasteiger partial charge in [-0.25, -0.2) is 4.31 Å². The Bertz CT molecular complexity index is 1120. The second-order valence-corrected chi connectivity index (χ2v) is 9.16. The van der Waals surface area contributed by atoms with Crippen molar-refractivity contribution in [1.29, 1.82) is 0 Å². The van der Waals surface area contributed by atoms with E-state index in [4.69, 9.17) is 11.6 Å². The molecule has 1 aliphatic heterocycles. The van der Waals surface area contributed by atoms with Crippen molar-refractivity contribution >= 4 is 34.5 Å². The molecule has 5 rings (SSSR count). The van der Waals surface area contributed by atoms with E-state index < -0.39 is 0 Å². The molecule has 1 saturated heterocycles. The molecule has 2 aromatic heterocycles. The predicted molar refractivity (Wildman–Crippen MR) is 119 cm³/mol. The van der Waals surface area contributed by atoms with Gasteiger partial charge in [0.1, 0.15) is 0 Å². The van der Waals surface area contributed by atoms with Gasteiger partial charge in [0.15, 0.2) is 0 Å². The smallest absolute Gasteiger partial charge is 0.0682 e. The lowest BCUT2D eigenvalue weighted by Crippen LogP contribution is -2.20. The monoisotopic (exact) mass is 423 g/mol. The first kappa shape index (κ1) is 18.7. The van der Waals surface area contributed by atoms with E-state index in [-0.39, 0.29) is 0 Å². The molecule has 2 atom stereocenters. The molecule has 0 spiro atoms. The molecule has 7 heteroatoms. The van der Waals surface area contributed by atoms with Crippen LogP contribution in [0.2, 0.25) is 5.02 Å². The largest absolute Gasteiger partial charge is 0.285 e. The van der Waals surface area contributed by atoms with E-state index in [1.54, 1.807) is 11.9 Å². The minimum atomic E-state index is 0.510. The summed E-state index contributed by atoms with van der Waals surface area (Å²) in [6.07, 6.45) is 6.88. The molecule has 4 aromatic rings. The van der Waals surface area contributed by atoms with Crippen LogP contribution in [-0.4, -0.2) is 36.9 Å². The fourth-order valence-corrected chi connectivity index (χ4v) is 5.42. The summed E-state index contributed by atoms with van der Waals surface area (Å²) >= 11 is 8.12. The van der Waals surface area contributed by atoms with Gasteiger partial charge >= 0.3 is 0 Å². The molecule has 0 amide bonds. The molecule has 5 nitrogen and oxygen atoms in total. The van der Waals surface area contributed by atoms with Crippen LogP contribution in [0, 0.1) is 5.92 Å². The van der Waals surface area contributed by atoms with E-state index in [2.05, 4.69) is 55.5 Å². The van der Waals surface area contributed by atoms with Gasteiger partial charge in [-0.2, -0.15) is 10.2 Å². The van der Waals surface area contributed by atoms with E-state index >= 15 is 0 Å². The normalized spacial score (nSPS) is 19.9. The van der Waals surface area contributed by atoms with E-state index in [1.165, 1.54) is 5.52 Å². The summed E-state index contributed by atoms with van der Waals surface area (Å²) in [7, 11) is 0. The lowest BCUT2D eigenvalue weighted by molar-refractivity contribution is 0.435. The molecule has 29 heavy (non-hydrogen) atoms. The molecule has 1 unspecified atom stereocenters. The van der Waals surface area contributed by atoms with Crippen molar-refractivity contribution in [2.24, 2.45) is 5.92 Å². The maximum absolute atomic E-state index is 6.35. The van der Waals surface area contributed by atoms with Gasteiger partial charge in [-0.05, 0) is 61.0 Å². The highest BCUT2D eigenvalue weighted by Crippen LogP contribution is 2.37. The van der Waals surface area contributed by atoms with Crippen molar-refractivity contribution in [3.8, 4) is 11.1 Å². The van der Waals surface area contributed by atoms with Crippen LogP contribution in [0.3, 0.4) is 0 Å². The van der Waals surface area contributed by atoms with Crippen LogP contribution in [0.5, 0.6) is 0 Å². The Kier molecular flexibility index (Phi) is 5.08. The Morgan fingerprint density at radius 3 is 2.90 bits per heavy atom. The van der Waals surface area contributed by atoms with Gasteiger partial charge in [0.25, 0.3) is 0 Å². The molecule has 1 N–H and O–H groups in total. The maximum Gasteiger partial charge on any atom is 0.0682 e. The number of benzene rings is 2. The summed E-state index contributed by atoms with van der Waals surface area (Å²) < 4.78 is 4.60. The van der Waals surface area contributed by atoms with Crippen molar-refractivity contribution in [2.75, 3.05) is 6.54 Å². The first-order valence-electron chi connectivity index (χ1n) is 9.81. The molecule has 148 valence electrons. The zero-order valence-electron chi connectivity index (χ0n) is 16.1. The van der Waals surface area contributed by atoms with Crippen molar-refractivity contribution < 1.29 is 0 Å². The number of fused-ring (bicyclic) bond motifs is 1. The number of hydrogen-bond acceptors (Lipinski definition) is 4. The van der Waals surface area contributed by atoms with Crippen LogP contribution in [0.1, 0.15) is 13.3 Å². The number of aromatic nitrogens is 4. The molecule has 2 aromatic carbocycles. The van der Waals surface area contributed by atoms with Gasteiger partial charge in [-0.15, -0.1) is 0 Å². The van der Waals surface area contributed by atoms with Gasteiger partial charge in [-0.1, -0.05) is 29.8 Å². The predicted octanol–water partition coefficient (Wildman–Crippen LogP) is 5.50. The van der Waals surface area contributed by atoms with Crippen LogP contribution in [0.15, 0.2) is 66.0 Å². The molecule has 3 heterocycles. The number of hydrogen-bond donors (Lipinski definition) is 1. The first-order valence-corrected chi connectivity index (χ1v) is 11.0. The summed E-state index contributed by atoms with van der Waals surface area (Å²) in [5.74, 6) is 0.566. The Labute approximate surface area is 179 Å². The highest BCUT2D eigenvalue weighted by atomic mass is 35.5. The van der Waals surface area contributed by atoms with Crippen molar-refractivity contribution in [3.63, 3.8) is 0 Å². The third-order valence-electron chi connectivity index (χ3n) is 5.56. The van der Waals surface area contributed by atoms with Crippen LogP contribution < -0.4 is 0 Å². The van der Waals surface area contributed by atoms with Gasteiger partial charge in [0, 0.05) is 41.2 Å². The van der Waals surface area contributed by atoms with Crippen LogP contribution >= 0.6 is 23.5 Å². The molecule has 0 aliphatic carbocycles. The number of halogens is 1. The third-order valence-corrected chi connectivity index (χ3v) is 7.30. The van der Waals surface area contributed by atoms with E-state index in [9.17, 15) is 0 Å². The van der Waals surface area contributed by atoms with Crippen molar-refractivity contribution in [3.05, 3.63) is 66.1 Å². The van der Waals surface area contributed by atoms with E-state index in [0.717, 1.165) is 45.9 Å². The summed E-state index contributed by atoms with van der Waals surface area (Å²) in [4.78, 5) is 1.12. The molecule has 0 saturated carbocycles. The number of aromatic amines is 1. The Morgan fingerprint density at radius 1 is 1.17 bits per heavy atom. The zero-order valence-corrected chi connectivity index (χ0v) is 17.7. The van der Waals surface area contributed by atoms with Gasteiger partial charge in [0.05, 0.1) is 22.9 Å². The average molecular weight is 424 g/mol. The second kappa shape index (κ2) is 7.86. The lowest BCUT2D eigenvalue weighted by atomic mass is 10.1. The Balaban J connectivity index is 1.30. The highest BCUT2D eigenvalue weighted by molar-refractivity contribution is 7.97. The molecule has 0 bridgehead atoms. The number of rotatable bonds is 5. The first-order chi connectivity index (χ1) is 14.2. The quantitative estimate of drug-likeness (QED) is 0.431. The SMILES string of the molecule is C[C@@H]1CC(Cn2ncc3cc(-c4cn[nH]c4)ccc32)CN1Sc1ccccc1Cl. The molecular formula is C22H22ClN5S. The summed E-state index contributed by atoms with van der Waals surface area (Å²) in [6.45, 7) is 4.26. The lowest BCUT2D eigenvalue weighted by Gasteiger charge is -2.20. The summed E-state index contributed by atoms with van der Waals surface area (Å²) in [5, 5.41) is 13.6. The minimum absolute atomic E-state index is 0.510. The van der Waals surface area contributed by atoms with Crippen LogP contribution in [0.25, 0.3) is 22.0 Å². The average Bonchev–Trinajstić information content (AvgIpc) is 3.45. The fraction of sp³-hybridized carbons (Fsp3) is 0.273. The highest BCUT2D eigenvalue weighted by Gasteiger charge is 2.30. The summed E-state index contributed by atoms with van der Waals surface area (Å²) in [6, 6.07) is 15.1. The Morgan fingerprint density at radius 2 is 2.07 bits per heavy atom. The molecular weight excluding hydrogens is 402 g/mol. The Hall–Kier alpha value is -2.28. The zero-order chi connectivity index (χ0) is 19.8. The molecule has 1 fully saturated rings. The van der Waals surface area contributed by atoms with Gasteiger partial charge in [0.2, 0.25) is 0 Å². The van der Waals surface area contributed by atoms with Gasteiger partial charge in [-0.3, -0.25) is 9.78 Å². The van der Waals surface area contributed by atoms with Crippen LogP contribution in [-0.2, 0) is 6.54 Å². The van der Waals surface area contributed by atoms with Crippen LogP contribution in [0.4, 0.5) is 0 Å².